The van der Waals surface area contributed by atoms with Gasteiger partial charge in [-0.1, -0.05) is 12.1 Å². The number of aromatic nitrogens is 1. The number of para-hydroxylation sites is 1. The lowest BCUT2D eigenvalue weighted by atomic mass is 10.1. The predicted molar refractivity (Wildman–Crippen MR) is 96.0 cm³/mol. The van der Waals surface area contributed by atoms with Crippen LogP contribution in [0.1, 0.15) is 5.56 Å². The molecule has 0 aliphatic heterocycles. The molecule has 1 aromatic heterocycles. The van der Waals surface area contributed by atoms with Gasteiger partial charge in [0, 0.05) is 26.2 Å². The van der Waals surface area contributed by atoms with Crippen molar-refractivity contribution >= 4 is 59.8 Å². The van der Waals surface area contributed by atoms with Crippen LogP contribution in [0.5, 0.6) is 0 Å². The molecule has 3 rings (SSSR count). The number of nitrogens with zero attached hydrogens (tertiary/aromatic N) is 2. The quantitative estimate of drug-likeness (QED) is 0.578. The second-order valence-corrected chi connectivity index (χ2v) is 6.36. The number of nitrogen functional groups attached to an aromatic ring is 1. The molecule has 0 amide bonds. The highest BCUT2D eigenvalue weighted by molar-refractivity contribution is 9.13. The normalized spacial score (nSPS) is 10.4. The van der Waals surface area contributed by atoms with E-state index in [2.05, 4.69) is 48.2 Å². The molecule has 0 radical (unpaired) electrons. The van der Waals surface area contributed by atoms with E-state index in [0.29, 0.717) is 22.5 Å². The highest BCUT2D eigenvalue weighted by Gasteiger charge is 2.11. The summed E-state index contributed by atoms with van der Waals surface area (Å²) in [5.74, 6) is 0. The number of fused-ring (bicyclic) bond motifs is 1. The molecule has 0 spiro atoms. The van der Waals surface area contributed by atoms with Crippen LogP contribution >= 0.6 is 31.9 Å². The number of nitriles is 1. The topological polar surface area (TPSA) is 74.7 Å². The summed E-state index contributed by atoms with van der Waals surface area (Å²) in [7, 11) is 0. The molecule has 3 N–H and O–H groups in total. The van der Waals surface area contributed by atoms with E-state index >= 15 is 0 Å². The first-order valence-electron chi connectivity index (χ1n) is 6.39. The molecule has 0 saturated heterocycles. The second-order valence-electron chi connectivity index (χ2n) is 4.66. The number of nitrogens with one attached hydrogen (secondary N) is 1. The van der Waals surface area contributed by atoms with Crippen molar-refractivity contribution < 1.29 is 0 Å². The Labute approximate surface area is 144 Å². The summed E-state index contributed by atoms with van der Waals surface area (Å²) >= 11 is 6.91. The summed E-state index contributed by atoms with van der Waals surface area (Å²) in [5, 5.41) is 13.5. The van der Waals surface area contributed by atoms with Crippen molar-refractivity contribution in [2.45, 2.75) is 0 Å². The molecule has 2 aromatic carbocycles. The van der Waals surface area contributed by atoms with Crippen molar-refractivity contribution in [3.63, 3.8) is 0 Å². The Hall–Kier alpha value is -2.10. The first-order valence-corrected chi connectivity index (χ1v) is 7.98. The minimum Gasteiger partial charge on any atom is -0.397 e. The van der Waals surface area contributed by atoms with E-state index in [-0.39, 0.29) is 0 Å². The second kappa shape index (κ2) is 5.95. The Bertz CT molecular complexity index is 916. The Balaban J connectivity index is 2.18. The van der Waals surface area contributed by atoms with E-state index in [1.807, 2.05) is 30.3 Å². The van der Waals surface area contributed by atoms with Gasteiger partial charge in [0.15, 0.2) is 0 Å². The smallest absolute Gasteiger partial charge is 0.103 e. The van der Waals surface area contributed by atoms with Crippen LogP contribution in [0.15, 0.2) is 51.5 Å². The number of nitrogens with two attached hydrogens (primary N) is 1. The molecule has 0 bridgehead atoms. The number of benzene rings is 2. The maximum atomic E-state index is 9.35. The minimum absolute atomic E-state index is 0.470. The zero-order valence-corrected chi connectivity index (χ0v) is 14.4. The Morgan fingerprint density at radius 1 is 1.14 bits per heavy atom. The van der Waals surface area contributed by atoms with Crippen molar-refractivity contribution in [3.8, 4) is 6.07 Å². The van der Waals surface area contributed by atoms with Gasteiger partial charge in [0.25, 0.3) is 0 Å². The number of rotatable bonds is 2. The van der Waals surface area contributed by atoms with Gasteiger partial charge in [-0.3, -0.25) is 4.98 Å². The highest BCUT2D eigenvalue weighted by atomic mass is 79.9. The van der Waals surface area contributed by atoms with Gasteiger partial charge >= 0.3 is 0 Å². The third kappa shape index (κ3) is 2.65. The largest absolute Gasteiger partial charge is 0.397 e. The van der Waals surface area contributed by atoms with E-state index < -0.39 is 0 Å². The molecule has 108 valence electrons. The Kier molecular flexibility index (Phi) is 4.01. The minimum atomic E-state index is 0.470. The maximum absolute atomic E-state index is 9.35. The molecule has 0 aliphatic rings. The van der Waals surface area contributed by atoms with Crippen LogP contribution in [0.3, 0.4) is 0 Å². The van der Waals surface area contributed by atoms with Gasteiger partial charge in [0.05, 0.1) is 22.5 Å². The molecule has 3 aromatic rings. The highest BCUT2D eigenvalue weighted by Crippen LogP contribution is 2.33. The first kappa shape index (κ1) is 14.8. The van der Waals surface area contributed by atoms with Crippen molar-refractivity contribution in [1.82, 2.24) is 4.98 Å². The standard InChI is InChI=1S/C16H10Br2N4/c17-12-5-4-10(6-13(12)18)22-15-9(7-19)8-21-16-11(15)2-1-3-14(16)20/h1-6,8H,20H2,(H,21,22). The fraction of sp³-hybridized carbons (Fsp3) is 0. The van der Waals surface area contributed by atoms with Gasteiger partial charge < -0.3 is 11.1 Å². The van der Waals surface area contributed by atoms with Crippen LogP contribution in [0.4, 0.5) is 17.1 Å². The average Bonchev–Trinajstić information content (AvgIpc) is 2.52. The van der Waals surface area contributed by atoms with Crippen LogP contribution < -0.4 is 11.1 Å². The third-order valence-electron chi connectivity index (χ3n) is 3.24. The van der Waals surface area contributed by atoms with Gasteiger partial charge in [-0.25, -0.2) is 0 Å². The fourth-order valence-electron chi connectivity index (χ4n) is 2.18. The van der Waals surface area contributed by atoms with Gasteiger partial charge in [0.2, 0.25) is 0 Å². The number of hydrogen-bond donors (Lipinski definition) is 2. The monoisotopic (exact) mass is 416 g/mol. The van der Waals surface area contributed by atoms with E-state index in [1.54, 1.807) is 6.07 Å². The first-order chi connectivity index (χ1) is 10.6. The molecule has 6 heteroatoms. The van der Waals surface area contributed by atoms with Crippen LogP contribution in [0, 0.1) is 11.3 Å². The van der Waals surface area contributed by atoms with Crippen molar-refractivity contribution in [2.75, 3.05) is 11.1 Å². The van der Waals surface area contributed by atoms with E-state index in [0.717, 1.165) is 20.0 Å². The maximum Gasteiger partial charge on any atom is 0.103 e. The Morgan fingerprint density at radius 2 is 1.95 bits per heavy atom. The van der Waals surface area contributed by atoms with Gasteiger partial charge in [-0.2, -0.15) is 5.26 Å². The van der Waals surface area contributed by atoms with Crippen molar-refractivity contribution in [1.29, 1.82) is 5.26 Å². The molecule has 0 aliphatic carbocycles. The Morgan fingerprint density at radius 3 is 2.68 bits per heavy atom. The number of hydrogen-bond acceptors (Lipinski definition) is 4. The fourth-order valence-corrected chi connectivity index (χ4v) is 2.81. The van der Waals surface area contributed by atoms with E-state index in [4.69, 9.17) is 5.73 Å². The van der Waals surface area contributed by atoms with Gasteiger partial charge in [-0.05, 0) is 56.1 Å². The van der Waals surface area contributed by atoms with E-state index in [9.17, 15) is 5.26 Å². The molecule has 0 fully saturated rings. The SMILES string of the molecule is N#Cc1cnc2c(N)cccc2c1Nc1ccc(Br)c(Br)c1. The van der Waals surface area contributed by atoms with Crippen LogP contribution in [0.25, 0.3) is 10.9 Å². The molecular weight excluding hydrogens is 408 g/mol. The number of anilines is 3. The lowest BCUT2D eigenvalue weighted by Crippen LogP contribution is -1.98. The van der Waals surface area contributed by atoms with Gasteiger partial charge in [-0.15, -0.1) is 0 Å². The number of pyridine rings is 1. The summed E-state index contributed by atoms with van der Waals surface area (Å²) in [5.41, 5.74) is 9.27. The summed E-state index contributed by atoms with van der Waals surface area (Å²) < 4.78 is 1.89. The molecular formula is C16H10Br2N4. The molecule has 0 saturated carbocycles. The van der Waals surface area contributed by atoms with Crippen LogP contribution in [-0.4, -0.2) is 4.98 Å². The summed E-state index contributed by atoms with van der Waals surface area (Å²) in [6.45, 7) is 0. The van der Waals surface area contributed by atoms with E-state index in [1.165, 1.54) is 6.20 Å². The summed E-state index contributed by atoms with van der Waals surface area (Å²) in [4.78, 5) is 4.28. The zero-order valence-electron chi connectivity index (χ0n) is 11.3. The zero-order chi connectivity index (χ0) is 15.7. The average molecular weight is 418 g/mol. The molecule has 1 heterocycles. The molecule has 0 atom stereocenters. The summed E-state index contributed by atoms with van der Waals surface area (Å²) in [6, 6.07) is 13.5. The summed E-state index contributed by atoms with van der Waals surface area (Å²) in [6.07, 6.45) is 1.54. The lowest BCUT2D eigenvalue weighted by Gasteiger charge is -2.13. The number of halogens is 2. The lowest BCUT2D eigenvalue weighted by molar-refractivity contribution is 1.36. The third-order valence-corrected chi connectivity index (χ3v) is 5.12. The van der Waals surface area contributed by atoms with Crippen molar-refractivity contribution in [2.24, 2.45) is 0 Å². The molecule has 0 unspecified atom stereocenters. The molecule has 22 heavy (non-hydrogen) atoms. The van der Waals surface area contributed by atoms with Gasteiger partial charge in [0.1, 0.15) is 6.07 Å². The van der Waals surface area contributed by atoms with Crippen LogP contribution in [0.2, 0.25) is 0 Å². The van der Waals surface area contributed by atoms with Crippen molar-refractivity contribution in [3.05, 3.63) is 57.1 Å². The predicted octanol–water partition coefficient (Wildman–Crippen LogP) is 4.96. The molecule has 4 nitrogen and oxygen atoms in total. The van der Waals surface area contributed by atoms with Crippen LogP contribution in [-0.2, 0) is 0 Å².